The Morgan fingerprint density at radius 1 is 1.17 bits per heavy atom. The van der Waals surface area contributed by atoms with Crippen molar-refractivity contribution in [3.05, 3.63) is 63.6 Å². The summed E-state index contributed by atoms with van der Waals surface area (Å²) in [5.41, 5.74) is 8.95. The summed E-state index contributed by atoms with van der Waals surface area (Å²) >= 11 is 6.43. The number of fused-ring (bicyclic) bond motifs is 1. The first kappa shape index (κ1) is 20.1. The molecule has 1 aromatic carbocycles. The highest BCUT2D eigenvalue weighted by Gasteiger charge is 2.25. The average Bonchev–Trinajstić information content (AvgIpc) is 2.90. The normalized spacial score (nSPS) is 16.5. The third kappa shape index (κ3) is 4.10. The molecular weight excluding hydrogens is 382 g/mol. The SMILES string of the molecule is CCCc1cc(-n2nc(-c3cc(C)nc(C)c3)c3c2C[C@@H](C)OCC3)ccc1Cl. The highest BCUT2D eigenvalue weighted by Crippen LogP contribution is 2.32. The van der Waals surface area contributed by atoms with Gasteiger partial charge in [-0.15, -0.1) is 0 Å². The lowest BCUT2D eigenvalue weighted by atomic mass is 10.0. The van der Waals surface area contributed by atoms with Gasteiger partial charge >= 0.3 is 0 Å². The summed E-state index contributed by atoms with van der Waals surface area (Å²) in [6.45, 7) is 9.10. The number of hydrogen-bond acceptors (Lipinski definition) is 3. The lowest BCUT2D eigenvalue weighted by molar-refractivity contribution is 0.0735. The minimum absolute atomic E-state index is 0.169. The smallest absolute Gasteiger partial charge is 0.0964 e. The van der Waals surface area contributed by atoms with Gasteiger partial charge in [0.2, 0.25) is 0 Å². The number of nitrogens with zero attached hydrogens (tertiary/aromatic N) is 3. The second-order valence-electron chi connectivity index (χ2n) is 7.99. The van der Waals surface area contributed by atoms with Crippen LogP contribution in [0.25, 0.3) is 16.9 Å². The molecule has 0 spiro atoms. The van der Waals surface area contributed by atoms with Gasteiger partial charge in [-0.1, -0.05) is 24.9 Å². The van der Waals surface area contributed by atoms with Crippen LogP contribution in [-0.4, -0.2) is 27.5 Å². The number of pyridine rings is 1. The van der Waals surface area contributed by atoms with Gasteiger partial charge in [-0.2, -0.15) is 5.10 Å². The minimum atomic E-state index is 0.169. The van der Waals surface area contributed by atoms with Crippen LogP contribution in [0.3, 0.4) is 0 Å². The van der Waals surface area contributed by atoms with Gasteiger partial charge in [0, 0.05) is 34.0 Å². The molecule has 0 unspecified atom stereocenters. The molecule has 0 N–H and O–H groups in total. The summed E-state index contributed by atoms with van der Waals surface area (Å²) in [6, 6.07) is 10.5. The minimum Gasteiger partial charge on any atom is -0.378 e. The number of benzene rings is 1. The fraction of sp³-hybridized carbons (Fsp3) is 0.417. The number of aromatic nitrogens is 3. The van der Waals surface area contributed by atoms with E-state index in [2.05, 4.69) is 47.8 Å². The Hall–Kier alpha value is -2.17. The Morgan fingerprint density at radius 3 is 2.66 bits per heavy atom. The summed E-state index contributed by atoms with van der Waals surface area (Å²) in [6.07, 6.45) is 3.90. The van der Waals surface area contributed by atoms with E-state index in [1.807, 2.05) is 19.9 Å². The molecule has 1 atom stereocenters. The summed E-state index contributed by atoms with van der Waals surface area (Å²) < 4.78 is 8.09. The second kappa shape index (κ2) is 8.29. The first-order valence-electron chi connectivity index (χ1n) is 10.4. The van der Waals surface area contributed by atoms with Crippen LogP contribution >= 0.6 is 11.6 Å². The topological polar surface area (TPSA) is 39.9 Å². The Bertz CT molecular complexity index is 1020. The van der Waals surface area contributed by atoms with Crippen molar-refractivity contribution in [3.63, 3.8) is 0 Å². The van der Waals surface area contributed by atoms with Crippen LogP contribution in [0.15, 0.2) is 30.3 Å². The van der Waals surface area contributed by atoms with Crippen molar-refractivity contribution in [2.24, 2.45) is 0 Å². The second-order valence-corrected chi connectivity index (χ2v) is 8.39. The highest BCUT2D eigenvalue weighted by molar-refractivity contribution is 6.31. The fourth-order valence-electron chi connectivity index (χ4n) is 4.22. The van der Waals surface area contributed by atoms with Gasteiger partial charge in [0.15, 0.2) is 0 Å². The zero-order valence-electron chi connectivity index (χ0n) is 17.6. The summed E-state index contributed by atoms with van der Waals surface area (Å²) in [5, 5.41) is 5.94. The predicted molar refractivity (Wildman–Crippen MR) is 118 cm³/mol. The molecule has 4 rings (SSSR count). The third-order valence-corrected chi connectivity index (χ3v) is 5.84. The highest BCUT2D eigenvalue weighted by atomic mass is 35.5. The molecule has 2 aromatic heterocycles. The molecule has 0 bridgehead atoms. The van der Waals surface area contributed by atoms with Crippen molar-refractivity contribution >= 4 is 11.6 Å². The number of rotatable bonds is 4. The van der Waals surface area contributed by atoms with E-state index in [1.165, 1.54) is 16.8 Å². The lowest BCUT2D eigenvalue weighted by Crippen LogP contribution is -2.13. The Kier molecular flexibility index (Phi) is 5.75. The van der Waals surface area contributed by atoms with Crippen LogP contribution in [0, 0.1) is 13.8 Å². The number of aryl methyl sites for hydroxylation is 3. The van der Waals surface area contributed by atoms with E-state index < -0.39 is 0 Å². The molecule has 0 fully saturated rings. The van der Waals surface area contributed by atoms with Crippen molar-refractivity contribution < 1.29 is 4.74 Å². The van der Waals surface area contributed by atoms with E-state index in [9.17, 15) is 0 Å². The van der Waals surface area contributed by atoms with Gasteiger partial charge in [0.1, 0.15) is 0 Å². The van der Waals surface area contributed by atoms with Gasteiger partial charge in [0.25, 0.3) is 0 Å². The first-order chi connectivity index (χ1) is 14.0. The van der Waals surface area contributed by atoms with Crippen LogP contribution in [0.4, 0.5) is 0 Å². The Morgan fingerprint density at radius 2 is 1.93 bits per heavy atom. The molecule has 0 aliphatic carbocycles. The van der Waals surface area contributed by atoms with Crippen LogP contribution < -0.4 is 0 Å². The van der Waals surface area contributed by atoms with Crippen LogP contribution in [0.1, 0.15) is 48.5 Å². The number of halogens is 1. The van der Waals surface area contributed by atoms with E-state index >= 15 is 0 Å². The van der Waals surface area contributed by atoms with Gasteiger partial charge in [-0.25, -0.2) is 4.68 Å². The number of ether oxygens (including phenoxy) is 1. The molecule has 0 amide bonds. The lowest BCUT2D eigenvalue weighted by Gasteiger charge is -2.13. The summed E-state index contributed by atoms with van der Waals surface area (Å²) in [7, 11) is 0. The maximum Gasteiger partial charge on any atom is 0.0964 e. The first-order valence-corrected chi connectivity index (χ1v) is 10.8. The summed E-state index contributed by atoms with van der Waals surface area (Å²) in [5.74, 6) is 0. The maximum atomic E-state index is 6.43. The zero-order chi connectivity index (χ0) is 20.5. The van der Waals surface area contributed by atoms with Gasteiger partial charge in [0.05, 0.1) is 29.8 Å². The Labute approximate surface area is 177 Å². The maximum absolute atomic E-state index is 6.43. The van der Waals surface area contributed by atoms with Gasteiger partial charge in [-0.3, -0.25) is 4.98 Å². The third-order valence-electron chi connectivity index (χ3n) is 5.47. The molecule has 0 radical (unpaired) electrons. The molecule has 3 aromatic rings. The van der Waals surface area contributed by atoms with Gasteiger partial charge < -0.3 is 4.74 Å². The molecule has 1 aliphatic rings. The van der Waals surface area contributed by atoms with Crippen molar-refractivity contribution in [2.75, 3.05) is 6.61 Å². The van der Waals surface area contributed by atoms with Crippen molar-refractivity contribution in [1.29, 1.82) is 0 Å². The van der Waals surface area contributed by atoms with Crippen molar-refractivity contribution in [2.45, 2.75) is 59.5 Å². The molecule has 4 nitrogen and oxygen atoms in total. The molecule has 3 heterocycles. The van der Waals surface area contributed by atoms with E-state index in [0.717, 1.165) is 65.6 Å². The number of hydrogen-bond donors (Lipinski definition) is 0. The molecule has 1 aliphatic heterocycles. The van der Waals surface area contributed by atoms with Crippen LogP contribution in [0.2, 0.25) is 5.02 Å². The van der Waals surface area contributed by atoms with E-state index in [1.54, 1.807) is 0 Å². The molecule has 0 saturated heterocycles. The molecular formula is C24H28ClN3O. The molecule has 152 valence electrons. The zero-order valence-corrected chi connectivity index (χ0v) is 18.4. The standard InChI is InChI=1S/C24H28ClN3O/c1-5-6-18-14-20(7-8-22(18)25)28-23-13-17(4)29-10-9-21(23)24(27-28)19-11-15(2)26-16(3)12-19/h7-8,11-12,14,17H,5-6,9-10,13H2,1-4H3/t17-/m1/s1. The summed E-state index contributed by atoms with van der Waals surface area (Å²) in [4.78, 5) is 4.54. The molecule has 29 heavy (non-hydrogen) atoms. The van der Waals surface area contributed by atoms with Crippen LogP contribution in [-0.2, 0) is 24.0 Å². The average molecular weight is 410 g/mol. The fourth-order valence-corrected chi connectivity index (χ4v) is 4.43. The van der Waals surface area contributed by atoms with E-state index in [-0.39, 0.29) is 6.10 Å². The largest absolute Gasteiger partial charge is 0.378 e. The quantitative estimate of drug-likeness (QED) is 0.558. The van der Waals surface area contributed by atoms with Crippen molar-refractivity contribution in [3.8, 4) is 16.9 Å². The molecule has 0 saturated carbocycles. The monoisotopic (exact) mass is 409 g/mol. The Balaban J connectivity index is 1.91. The van der Waals surface area contributed by atoms with Gasteiger partial charge in [-0.05, 0) is 69.5 Å². The molecule has 5 heteroatoms. The van der Waals surface area contributed by atoms with E-state index in [4.69, 9.17) is 21.4 Å². The van der Waals surface area contributed by atoms with Crippen molar-refractivity contribution in [1.82, 2.24) is 14.8 Å². The van der Waals surface area contributed by atoms with Crippen LogP contribution in [0.5, 0.6) is 0 Å². The predicted octanol–water partition coefficient (Wildman–Crippen LogP) is 5.66. The van der Waals surface area contributed by atoms with E-state index in [0.29, 0.717) is 0 Å².